The molecule has 2 heterocycles. The minimum absolute atomic E-state index is 0.0770. The molecule has 0 aliphatic carbocycles. The van der Waals surface area contributed by atoms with Gasteiger partial charge in [-0.1, -0.05) is 6.08 Å². The van der Waals surface area contributed by atoms with Crippen molar-refractivity contribution in [2.45, 2.75) is 65.3 Å². The van der Waals surface area contributed by atoms with Crippen LogP contribution in [0, 0.1) is 0 Å². The fourth-order valence-corrected chi connectivity index (χ4v) is 2.72. The zero-order valence-electron chi connectivity index (χ0n) is 19.5. The standard InChI is InChI=1S/C21H32BN3O6/c1-19(2,3)29-18(27)25-12-15(22-30-20(4,5)21(6,7)31-22)10-13-9-14(17(26)28-8)11-24-16(13)23/h9-11H,12H2,1-8H3,(H2,23,24)(H,25,27). The molecule has 0 radical (unpaired) electrons. The van der Waals surface area contributed by atoms with E-state index in [0.29, 0.717) is 11.0 Å². The third kappa shape index (κ3) is 6.21. The number of anilines is 1. The lowest BCUT2D eigenvalue weighted by molar-refractivity contribution is 0.00578. The Balaban J connectivity index is 2.38. The van der Waals surface area contributed by atoms with Gasteiger partial charge in [0.2, 0.25) is 0 Å². The fraction of sp³-hybridized carbons (Fsp3) is 0.571. The molecule has 1 aliphatic heterocycles. The van der Waals surface area contributed by atoms with Gasteiger partial charge >= 0.3 is 19.2 Å². The summed E-state index contributed by atoms with van der Waals surface area (Å²) in [5.74, 6) is -0.329. The van der Waals surface area contributed by atoms with Crippen molar-refractivity contribution in [3.8, 4) is 0 Å². The first-order valence-corrected chi connectivity index (χ1v) is 10.0. The summed E-state index contributed by atoms with van der Waals surface area (Å²) in [5.41, 5.74) is 5.52. The minimum atomic E-state index is -0.749. The van der Waals surface area contributed by atoms with E-state index in [1.54, 1.807) is 32.9 Å². The molecule has 0 bridgehead atoms. The van der Waals surface area contributed by atoms with Gasteiger partial charge < -0.3 is 29.8 Å². The fourth-order valence-electron chi connectivity index (χ4n) is 2.72. The van der Waals surface area contributed by atoms with Crippen molar-refractivity contribution >= 4 is 31.1 Å². The SMILES string of the molecule is COC(=O)c1cnc(N)c(C=C(CNC(=O)OC(C)(C)C)B2OC(C)(C)C(C)(C)O2)c1. The number of rotatable bonds is 5. The molecule has 1 amide bonds. The first-order chi connectivity index (χ1) is 14.1. The van der Waals surface area contributed by atoms with Crippen molar-refractivity contribution in [2.24, 2.45) is 0 Å². The molecule has 1 aromatic rings. The summed E-state index contributed by atoms with van der Waals surface area (Å²) in [5, 5.41) is 2.72. The van der Waals surface area contributed by atoms with Gasteiger partial charge in [-0.25, -0.2) is 14.6 Å². The van der Waals surface area contributed by atoms with Crippen LogP contribution in [0.1, 0.15) is 64.4 Å². The molecule has 31 heavy (non-hydrogen) atoms. The maximum absolute atomic E-state index is 12.2. The Hall–Kier alpha value is -2.59. The van der Waals surface area contributed by atoms with E-state index in [-0.39, 0.29) is 17.9 Å². The third-order valence-corrected chi connectivity index (χ3v) is 5.10. The molecule has 1 aromatic heterocycles. The average molecular weight is 433 g/mol. The van der Waals surface area contributed by atoms with Crippen LogP contribution in [0.3, 0.4) is 0 Å². The number of ether oxygens (including phenoxy) is 2. The van der Waals surface area contributed by atoms with E-state index in [4.69, 9.17) is 24.5 Å². The van der Waals surface area contributed by atoms with E-state index in [1.807, 2.05) is 27.7 Å². The number of nitrogens with two attached hydrogens (primary N) is 1. The molecule has 0 saturated carbocycles. The molecule has 0 aromatic carbocycles. The van der Waals surface area contributed by atoms with E-state index in [9.17, 15) is 9.59 Å². The Kier molecular flexibility index (Phi) is 7.07. The first kappa shape index (κ1) is 24.7. The van der Waals surface area contributed by atoms with Gasteiger partial charge in [-0.05, 0) is 60.0 Å². The van der Waals surface area contributed by atoms with Gasteiger partial charge in [0.1, 0.15) is 11.4 Å². The minimum Gasteiger partial charge on any atom is -0.465 e. The summed E-state index contributed by atoms with van der Waals surface area (Å²) in [4.78, 5) is 28.2. The van der Waals surface area contributed by atoms with Crippen LogP contribution in [0.25, 0.3) is 6.08 Å². The Morgan fingerprint density at radius 1 is 1.23 bits per heavy atom. The molecule has 9 nitrogen and oxygen atoms in total. The second-order valence-corrected chi connectivity index (χ2v) is 9.35. The Labute approximate surface area is 183 Å². The number of esters is 1. The van der Waals surface area contributed by atoms with Crippen molar-refractivity contribution < 1.29 is 28.4 Å². The van der Waals surface area contributed by atoms with E-state index in [2.05, 4.69) is 10.3 Å². The zero-order valence-corrected chi connectivity index (χ0v) is 19.5. The van der Waals surface area contributed by atoms with Crippen LogP contribution >= 0.6 is 0 Å². The summed E-state index contributed by atoms with van der Waals surface area (Å²) in [6.07, 6.45) is 2.45. The predicted octanol–water partition coefficient (Wildman–Crippen LogP) is 2.99. The lowest BCUT2D eigenvalue weighted by Crippen LogP contribution is -2.41. The van der Waals surface area contributed by atoms with Crippen molar-refractivity contribution in [1.29, 1.82) is 0 Å². The molecular formula is C21H32BN3O6. The van der Waals surface area contributed by atoms with Crippen LogP contribution in [0.2, 0.25) is 0 Å². The maximum Gasteiger partial charge on any atom is 0.492 e. The molecule has 0 atom stereocenters. The molecule has 1 saturated heterocycles. The van der Waals surface area contributed by atoms with Gasteiger partial charge in [0.15, 0.2) is 0 Å². The summed E-state index contributed by atoms with van der Waals surface area (Å²) >= 11 is 0. The van der Waals surface area contributed by atoms with Crippen LogP contribution in [-0.2, 0) is 18.8 Å². The highest BCUT2D eigenvalue weighted by molar-refractivity contribution is 6.56. The Bertz CT molecular complexity index is 860. The molecule has 1 aliphatic rings. The topological polar surface area (TPSA) is 122 Å². The van der Waals surface area contributed by atoms with Crippen LogP contribution in [-0.4, -0.2) is 54.6 Å². The lowest BCUT2D eigenvalue weighted by Gasteiger charge is -2.32. The monoisotopic (exact) mass is 433 g/mol. The predicted molar refractivity (Wildman–Crippen MR) is 118 cm³/mol. The van der Waals surface area contributed by atoms with Gasteiger partial charge in [-0.15, -0.1) is 0 Å². The molecule has 2 rings (SSSR count). The van der Waals surface area contributed by atoms with E-state index in [0.717, 1.165) is 0 Å². The molecule has 10 heteroatoms. The van der Waals surface area contributed by atoms with E-state index < -0.39 is 36.0 Å². The Morgan fingerprint density at radius 2 is 1.81 bits per heavy atom. The number of methoxy groups -OCH3 is 1. The summed E-state index contributed by atoms with van der Waals surface area (Å²) in [7, 11) is 0.538. The largest absolute Gasteiger partial charge is 0.492 e. The van der Waals surface area contributed by atoms with Crippen molar-refractivity contribution in [3.05, 3.63) is 28.9 Å². The van der Waals surface area contributed by atoms with Crippen LogP contribution in [0.15, 0.2) is 17.7 Å². The number of alkyl carbamates (subject to hydrolysis) is 1. The number of hydrogen-bond donors (Lipinski definition) is 2. The summed E-state index contributed by atoms with van der Waals surface area (Å²) < 4.78 is 22.3. The Morgan fingerprint density at radius 3 is 2.32 bits per heavy atom. The number of carbonyl (C=O) groups excluding carboxylic acids is 2. The average Bonchev–Trinajstić information content (AvgIpc) is 2.85. The molecule has 0 spiro atoms. The van der Waals surface area contributed by atoms with Gasteiger partial charge in [0, 0.05) is 18.3 Å². The van der Waals surface area contributed by atoms with E-state index in [1.165, 1.54) is 13.3 Å². The normalized spacial score (nSPS) is 17.9. The van der Waals surface area contributed by atoms with Crippen LogP contribution < -0.4 is 11.1 Å². The summed E-state index contributed by atoms with van der Waals surface area (Å²) in [6, 6.07) is 1.56. The zero-order chi connectivity index (χ0) is 23.6. The molecule has 170 valence electrons. The number of nitrogens with one attached hydrogen (secondary N) is 1. The summed E-state index contributed by atoms with van der Waals surface area (Å²) in [6.45, 7) is 13.1. The number of aromatic nitrogens is 1. The van der Waals surface area contributed by atoms with Crippen molar-refractivity contribution in [3.63, 3.8) is 0 Å². The van der Waals surface area contributed by atoms with Crippen molar-refractivity contribution in [2.75, 3.05) is 19.4 Å². The number of amides is 1. The maximum atomic E-state index is 12.2. The lowest BCUT2D eigenvalue weighted by atomic mass is 9.77. The van der Waals surface area contributed by atoms with Gasteiger partial charge in [0.05, 0.1) is 23.9 Å². The number of carbonyl (C=O) groups is 2. The quantitative estimate of drug-likeness (QED) is 0.537. The third-order valence-electron chi connectivity index (χ3n) is 5.10. The van der Waals surface area contributed by atoms with Crippen LogP contribution in [0.4, 0.5) is 10.6 Å². The highest BCUT2D eigenvalue weighted by atomic mass is 16.7. The molecule has 3 N–H and O–H groups in total. The molecule has 0 unspecified atom stereocenters. The van der Waals surface area contributed by atoms with Crippen molar-refractivity contribution in [1.82, 2.24) is 10.3 Å². The number of pyridine rings is 1. The number of nitrogens with zero attached hydrogens (tertiary/aromatic N) is 1. The highest BCUT2D eigenvalue weighted by Crippen LogP contribution is 2.39. The molecule has 1 fully saturated rings. The second kappa shape index (κ2) is 8.88. The van der Waals surface area contributed by atoms with Gasteiger partial charge in [-0.3, -0.25) is 0 Å². The smallest absolute Gasteiger partial charge is 0.465 e. The number of nitrogen functional groups attached to an aromatic ring is 1. The van der Waals surface area contributed by atoms with Gasteiger partial charge in [-0.2, -0.15) is 0 Å². The molecular weight excluding hydrogens is 401 g/mol. The van der Waals surface area contributed by atoms with Gasteiger partial charge in [0.25, 0.3) is 0 Å². The second-order valence-electron chi connectivity index (χ2n) is 9.35. The first-order valence-electron chi connectivity index (χ1n) is 10.0. The van der Waals surface area contributed by atoms with Crippen LogP contribution in [0.5, 0.6) is 0 Å². The highest BCUT2D eigenvalue weighted by Gasteiger charge is 2.52. The number of hydrogen-bond acceptors (Lipinski definition) is 8. The van der Waals surface area contributed by atoms with E-state index >= 15 is 0 Å².